The molecule has 3 rings (SSSR count). The highest BCUT2D eigenvalue weighted by Gasteiger charge is 2.18. The van der Waals surface area contributed by atoms with Gasteiger partial charge in [-0.05, 0) is 51.4 Å². The number of rotatable bonds is 6. The number of pyridine rings is 1. The lowest BCUT2D eigenvalue weighted by atomic mass is 10.0. The van der Waals surface area contributed by atoms with Crippen molar-refractivity contribution in [3.05, 3.63) is 41.6 Å². The zero-order chi connectivity index (χ0) is 18.0. The Morgan fingerprint density at radius 3 is 2.64 bits per heavy atom. The Labute approximate surface area is 146 Å². The smallest absolute Gasteiger partial charge is 0.182 e. The molecular formula is C18H23N5O2. The molecule has 3 aromatic rings. The van der Waals surface area contributed by atoms with E-state index in [1.807, 2.05) is 32.0 Å². The first-order valence-corrected chi connectivity index (χ1v) is 8.17. The lowest BCUT2D eigenvalue weighted by molar-refractivity contribution is 0.137. The molecule has 0 spiro atoms. The van der Waals surface area contributed by atoms with Crippen LogP contribution in [0.5, 0.6) is 5.75 Å². The minimum atomic E-state index is -0.822. The Hall–Kier alpha value is -2.48. The summed E-state index contributed by atoms with van der Waals surface area (Å²) in [6.07, 6.45) is -0.822. The van der Waals surface area contributed by atoms with Crippen molar-refractivity contribution in [2.45, 2.75) is 13.2 Å². The van der Waals surface area contributed by atoms with Gasteiger partial charge in [0.15, 0.2) is 5.65 Å². The molecule has 2 heterocycles. The Bertz CT molecular complexity index is 858. The molecule has 0 saturated carbocycles. The number of fused-ring (bicyclic) bond motifs is 1. The zero-order valence-corrected chi connectivity index (χ0v) is 14.6. The van der Waals surface area contributed by atoms with E-state index in [1.54, 1.807) is 24.3 Å². The maximum Gasteiger partial charge on any atom is 0.182 e. The summed E-state index contributed by atoms with van der Waals surface area (Å²) in [5, 5.41) is 31.3. The average Bonchev–Trinajstić information content (AvgIpc) is 2.95. The van der Waals surface area contributed by atoms with E-state index in [9.17, 15) is 10.2 Å². The second-order valence-corrected chi connectivity index (χ2v) is 6.35. The molecule has 0 fully saturated rings. The van der Waals surface area contributed by atoms with Gasteiger partial charge in [-0.25, -0.2) is 4.98 Å². The van der Waals surface area contributed by atoms with Crippen molar-refractivity contribution in [1.29, 1.82) is 0 Å². The molecular weight excluding hydrogens is 318 g/mol. The molecule has 132 valence electrons. The number of benzene rings is 1. The fraction of sp³-hybridized carbons (Fsp3) is 0.333. The molecule has 1 aromatic carbocycles. The molecule has 2 aromatic heterocycles. The summed E-state index contributed by atoms with van der Waals surface area (Å²) < 4.78 is 0. The van der Waals surface area contributed by atoms with Crippen LogP contribution in [0.3, 0.4) is 0 Å². The molecule has 7 nitrogen and oxygen atoms in total. The van der Waals surface area contributed by atoms with Gasteiger partial charge in [0.1, 0.15) is 12.0 Å². The van der Waals surface area contributed by atoms with E-state index < -0.39 is 6.23 Å². The number of hydrogen-bond donors (Lipinski definition) is 4. The number of likely N-dealkylation sites (N-methyl/N-ethyl adjacent to an activating group) is 1. The molecule has 4 N–H and O–H groups in total. The predicted molar refractivity (Wildman–Crippen MR) is 97.2 cm³/mol. The van der Waals surface area contributed by atoms with Gasteiger partial charge < -0.3 is 15.1 Å². The van der Waals surface area contributed by atoms with Crippen LogP contribution >= 0.6 is 0 Å². The van der Waals surface area contributed by atoms with Crippen LogP contribution < -0.4 is 5.32 Å². The van der Waals surface area contributed by atoms with Gasteiger partial charge in [0.2, 0.25) is 0 Å². The van der Waals surface area contributed by atoms with Crippen LogP contribution in [0.1, 0.15) is 17.5 Å². The van der Waals surface area contributed by atoms with E-state index in [1.165, 1.54) is 0 Å². The Balaban J connectivity index is 2.00. The average molecular weight is 341 g/mol. The lowest BCUT2D eigenvalue weighted by Crippen LogP contribution is -2.29. The zero-order valence-electron chi connectivity index (χ0n) is 14.6. The van der Waals surface area contributed by atoms with Crippen LogP contribution in [-0.4, -0.2) is 57.5 Å². The topological polar surface area (TPSA) is 97.3 Å². The summed E-state index contributed by atoms with van der Waals surface area (Å²) in [5.41, 5.74) is 3.71. The number of nitrogens with zero attached hydrogens (tertiary/aromatic N) is 3. The van der Waals surface area contributed by atoms with Crippen LogP contribution in [0.4, 0.5) is 0 Å². The maximum absolute atomic E-state index is 10.7. The molecule has 1 unspecified atom stereocenters. The number of aromatic amines is 1. The van der Waals surface area contributed by atoms with Crippen molar-refractivity contribution in [1.82, 2.24) is 25.4 Å². The Kier molecular flexibility index (Phi) is 4.98. The number of aliphatic hydroxyl groups is 1. The van der Waals surface area contributed by atoms with E-state index in [2.05, 4.69) is 20.5 Å². The van der Waals surface area contributed by atoms with E-state index in [0.717, 1.165) is 28.8 Å². The molecule has 0 amide bonds. The van der Waals surface area contributed by atoms with Crippen LogP contribution in [0.15, 0.2) is 30.3 Å². The number of aliphatic hydroxyl groups excluding tert-OH is 1. The first-order valence-electron chi connectivity index (χ1n) is 8.17. The number of phenols is 1. The van der Waals surface area contributed by atoms with Crippen molar-refractivity contribution >= 4 is 11.0 Å². The van der Waals surface area contributed by atoms with E-state index >= 15 is 0 Å². The summed E-state index contributed by atoms with van der Waals surface area (Å²) in [7, 11) is 3.98. The van der Waals surface area contributed by atoms with Crippen molar-refractivity contribution in [3.63, 3.8) is 0 Å². The van der Waals surface area contributed by atoms with E-state index in [0.29, 0.717) is 17.9 Å². The number of nitrogens with one attached hydrogen (secondary N) is 2. The molecule has 1 atom stereocenters. The van der Waals surface area contributed by atoms with Gasteiger partial charge in [-0.15, -0.1) is 0 Å². The highest BCUT2D eigenvalue weighted by molar-refractivity contribution is 5.85. The van der Waals surface area contributed by atoms with Crippen LogP contribution in [0.2, 0.25) is 0 Å². The summed E-state index contributed by atoms with van der Waals surface area (Å²) in [6.45, 7) is 3.39. The van der Waals surface area contributed by atoms with Crippen molar-refractivity contribution in [3.8, 4) is 17.0 Å². The SMILES string of the molecule is Cc1[nH]nc2nc(-c3ccc(O)cc3)cc(C(O)NCCN(C)C)c12. The highest BCUT2D eigenvalue weighted by atomic mass is 16.3. The standard InChI is InChI=1S/C18H23N5O2/c1-11-16-14(18(25)19-8-9-23(2)3)10-15(20-17(16)22-21-11)12-4-6-13(24)7-5-12/h4-7,10,18-19,24-25H,8-9H2,1-3H3,(H,20,21,22). The molecule has 0 aliphatic carbocycles. The molecule has 0 bridgehead atoms. The third-order valence-electron chi connectivity index (χ3n) is 4.09. The van der Waals surface area contributed by atoms with Gasteiger partial charge in [-0.1, -0.05) is 0 Å². The maximum atomic E-state index is 10.7. The minimum absolute atomic E-state index is 0.200. The first kappa shape index (κ1) is 17.3. The predicted octanol–water partition coefficient (Wildman–Crippen LogP) is 1.78. The second kappa shape index (κ2) is 7.18. The van der Waals surface area contributed by atoms with Crippen LogP contribution in [0.25, 0.3) is 22.3 Å². The van der Waals surface area contributed by atoms with Crippen molar-refractivity contribution in [2.24, 2.45) is 0 Å². The number of aromatic hydroxyl groups is 1. The molecule has 0 radical (unpaired) electrons. The summed E-state index contributed by atoms with van der Waals surface area (Å²) in [4.78, 5) is 6.62. The van der Waals surface area contributed by atoms with Crippen molar-refractivity contribution in [2.75, 3.05) is 27.2 Å². The molecule has 7 heteroatoms. The number of H-pyrrole nitrogens is 1. The van der Waals surface area contributed by atoms with Crippen LogP contribution in [0, 0.1) is 6.92 Å². The quantitative estimate of drug-likeness (QED) is 0.510. The Morgan fingerprint density at radius 1 is 1.24 bits per heavy atom. The monoisotopic (exact) mass is 341 g/mol. The largest absolute Gasteiger partial charge is 0.508 e. The minimum Gasteiger partial charge on any atom is -0.508 e. The summed E-state index contributed by atoms with van der Waals surface area (Å²) in [6, 6.07) is 8.67. The number of aromatic nitrogens is 3. The molecule has 0 saturated heterocycles. The number of aryl methyl sites for hydroxylation is 1. The normalized spacial score (nSPS) is 12.8. The number of hydrogen-bond acceptors (Lipinski definition) is 6. The van der Waals surface area contributed by atoms with E-state index in [-0.39, 0.29) is 5.75 Å². The fourth-order valence-electron chi connectivity index (χ4n) is 2.74. The summed E-state index contributed by atoms with van der Waals surface area (Å²) in [5.74, 6) is 0.200. The highest BCUT2D eigenvalue weighted by Crippen LogP contribution is 2.29. The second-order valence-electron chi connectivity index (χ2n) is 6.35. The van der Waals surface area contributed by atoms with Crippen molar-refractivity contribution < 1.29 is 10.2 Å². The van der Waals surface area contributed by atoms with Gasteiger partial charge in [0, 0.05) is 35.3 Å². The van der Waals surface area contributed by atoms with Gasteiger partial charge in [-0.3, -0.25) is 10.4 Å². The van der Waals surface area contributed by atoms with Gasteiger partial charge >= 0.3 is 0 Å². The van der Waals surface area contributed by atoms with E-state index in [4.69, 9.17) is 0 Å². The summed E-state index contributed by atoms with van der Waals surface area (Å²) >= 11 is 0. The Morgan fingerprint density at radius 2 is 1.96 bits per heavy atom. The third kappa shape index (κ3) is 3.79. The van der Waals surface area contributed by atoms with Gasteiger partial charge in [0.25, 0.3) is 0 Å². The molecule has 25 heavy (non-hydrogen) atoms. The van der Waals surface area contributed by atoms with Gasteiger partial charge in [-0.2, -0.15) is 5.10 Å². The van der Waals surface area contributed by atoms with Gasteiger partial charge in [0.05, 0.1) is 5.69 Å². The first-order chi connectivity index (χ1) is 12.0. The fourth-order valence-corrected chi connectivity index (χ4v) is 2.74. The molecule has 0 aliphatic rings. The number of phenolic OH excluding ortho intramolecular Hbond substituents is 1. The van der Waals surface area contributed by atoms with Crippen LogP contribution in [-0.2, 0) is 0 Å². The molecule has 0 aliphatic heterocycles. The lowest BCUT2D eigenvalue weighted by Gasteiger charge is -2.17. The third-order valence-corrected chi connectivity index (χ3v) is 4.09.